The predicted octanol–water partition coefficient (Wildman–Crippen LogP) is 3.62. The summed E-state index contributed by atoms with van der Waals surface area (Å²) in [5.74, 6) is 1.49. The van der Waals surface area contributed by atoms with Crippen molar-refractivity contribution in [3.8, 4) is 5.75 Å². The lowest BCUT2D eigenvalue weighted by Crippen LogP contribution is -2.34. The van der Waals surface area contributed by atoms with Crippen molar-refractivity contribution in [2.24, 2.45) is 0 Å². The molecule has 0 fully saturated rings. The lowest BCUT2D eigenvalue weighted by Gasteiger charge is -2.19. The SMILES string of the molecule is COc1cccc(C=CCOC(=O)N(CCCl)CCCl)c1. The van der Waals surface area contributed by atoms with Crippen LogP contribution < -0.4 is 4.74 Å². The van der Waals surface area contributed by atoms with E-state index in [1.165, 1.54) is 4.90 Å². The van der Waals surface area contributed by atoms with Gasteiger partial charge in [-0.15, -0.1) is 23.2 Å². The number of carbonyl (C=O) groups excluding carboxylic acids is 1. The summed E-state index contributed by atoms with van der Waals surface area (Å²) in [6.45, 7) is 1.04. The van der Waals surface area contributed by atoms with E-state index in [2.05, 4.69) is 0 Å². The minimum absolute atomic E-state index is 0.192. The van der Waals surface area contributed by atoms with Gasteiger partial charge in [0.25, 0.3) is 0 Å². The molecule has 0 aliphatic rings. The van der Waals surface area contributed by atoms with E-state index < -0.39 is 6.09 Å². The number of hydrogen-bond donors (Lipinski definition) is 0. The normalized spacial score (nSPS) is 10.6. The van der Waals surface area contributed by atoms with E-state index in [0.717, 1.165) is 11.3 Å². The molecule has 0 aliphatic heterocycles. The van der Waals surface area contributed by atoms with Crippen molar-refractivity contribution in [2.75, 3.05) is 38.6 Å². The first-order valence-corrected chi connectivity index (χ1v) is 7.62. The number of amides is 1. The summed E-state index contributed by atoms with van der Waals surface area (Å²) >= 11 is 11.3. The number of benzene rings is 1. The van der Waals surface area contributed by atoms with Gasteiger partial charge >= 0.3 is 6.09 Å². The standard InChI is InChI=1S/C15H19Cl2NO3/c1-20-14-6-2-4-13(12-14)5-3-11-21-15(19)18(9-7-16)10-8-17/h2-6,12H,7-11H2,1H3. The Hall–Kier alpha value is -1.39. The molecule has 0 saturated carbocycles. The minimum Gasteiger partial charge on any atom is -0.497 e. The highest BCUT2D eigenvalue weighted by Crippen LogP contribution is 2.13. The van der Waals surface area contributed by atoms with Gasteiger partial charge in [-0.2, -0.15) is 0 Å². The molecule has 1 amide bonds. The van der Waals surface area contributed by atoms with Crippen LogP contribution in [0.2, 0.25) is 0 Å². The largest absolute Gasteiger partial charge is 0.497 e. The predicted molar refractivity (Wildman–Crippen MR) is 86.4 cm³/mol. The first-order chi connectivity index (χ1) is 10.2. The van der Waals surface area contributed by atoms with E-state index >= 15 is 0 Å². The summed E-state index contributed by atoms with van der Waals surface area (Å²) in [7, 11) is 1.62. The fraction of sp³-hybridized carbons (Fsp3) is 0.400. The van der Waals surface area contributed by atoms with Gasteiger partial charge in [0.2, 0.25) is 0 Å². The van der Waals surface area contributed by atoms with Crippen LogP contribution in [-0.2, 0) is 4.74 Å². The number of hydrogen-bond acceptors (Lipinski definition) is 3. The molecule has 0 spiro atoms. The summed E-state index contributed by atoms with van der Waals surface area (Å²) < 4.78 is 10.3. The first kappa shape index (κ1) is 17.7. The third-order valence-electron chi connectivity index (χ3n) is 2.67. The van der Waals surface area contributed by atoms with Crippen LogP contribution in [0.1, 0.15) is 5.56 Å². The number of rotatable bonds is 8. The van der Waals surface area contributed by atoms with Crippen molar-refractivity contribution in [3.05, 3.63) is 35.9 Å². The monoisotopic (exact) mass is 331 g/mol. The van der Waals surface area contributed by atoms with Gasteiger partial charge in [0.1, 0.15) is 12.4 Å². The molecule has 0 N–H and O–H groups in total. The molecule has 1 aromatic carbocycles. The van der Waals surface area contributed by atoms with Crippen molar-refractivity contribution >= 4 is 35.4 Å². The van der Waals surface area contributed by atoms with E-state index in [9.17, 15) is 4.79 Å². The second kappa shape index (κ2) is 10.4. The van der Waals surface area contributed by atoms with E-state index in [1.807, 2.05) is 30.3 Å². The molecule has 0 atom stereocenters. The fourth-order valence-electron chi connectivity index (χ4n) is 1.64. The van der Waals surface area contributed by atoms with Gasteiger partial charge < -0.3 is 14.4 Å². The van der Waals surface area contributed by atoms with Gasteiger partial charge in [0, 0.05) is 24.8 Å². The van der Waals surface area contributed by atoms with Crippen LogP contribution in [0, 0.1) is 0 Å². The third-order valence-corrected chi connectivity index (χ3v) is 3.01. The Morgan fingerprint density at radius 1 is 1.29 bits per heavy atom. The molecule has 0 radical (unpaired) electrons. The van der Waals surface area contributed by atoms with Gasteiger partial charge in [0.05, 0.1) is 7.11 Å². The highest BCUT2D eigenvalue weighted by molar-refractivity contribution is 6.18. The Morgan fingerprint density at radius 2 is 2.00 bits per heavy atom. The molecule has 21 heavy (non-hydrogen) atoms. The highest BCUT2D eigenvalue weighted by atomic mass is 35.5. The second-order valence-corrected chi connectivity index (χ2v) is 4.88. The van der Waals surface area contributed by atoms with E-state index in [1.54, 1.807) is 13.2 Å². The average Bonchev–Trinajstić information content (AvgIpc) is 2.51. The van der Waals surface area contributed by atoms with Crippen LogP contribution in [0.3, 0.4) is 0 Å². The number of methoxy groups -OCH3 is 1. The highest BCUT2D eigenvalue weighted by Gasteiger charge is 2.12. The van der Waals surface area contributed by atoms with E-state index in [4.69, 9.17) is 32.7 Å². The molecule has 1 rings (SSSR count). The molecule has 0 heterocycles. The molecule has 4 nitrogen and oxygen atoms in total. The topological polar surface area (TPSA) is 38.8 Å². The fourth-order valence-corrected chi connectivity index (χ4v) is 2.05. The molecule has 0 aliphatic carbocycles. The molecule has 0 aromatic heterocycles. The molecular weight excluding hydrogens is 313 g/mol. The Balaban J connectivity index is 2.43. The number of carbonyl (C=O) groups is 1. The molecule has 6 heteroatoms. The lowest BCUT2D eigenvalue weighted by atomic mass is 10.2. The van der Waals surface area contributed by atoms with Crippen molar-refractivity contribution in [1.82, 2.24) is 4.90 Å². The molecule has 0 saturated heterocycles. The lowest BCUT2D eigenvalue weighted by molar-refractivity contribution is 0.117. The zero-order chi connectivity index (χ0) is 15.5. The van der Waals surface area contributed by atoms with Gasteiger partial charge in [0.15, 0.2) is 0 Å². The number of ether oxygens (including phenoxy) is 2. The van der Waals surface area contributed by atoms with Crippen molar-refractivity contribution in [2.45, 2.75) is 0 Å². The van der Waals surface area contributed by atoms with Crippen LogP contribution in [0.25, 0.3) is 6.08 Å². The van der Waals surface area contributed by atoms with Crippen LogP contribution >= 0.6 is 23.2 Å². The average molecular weight is 332 g/mol. The second-order valence-electron chi connectivity index (χ2n) is 4.12. The molecule has 116 valence electrons. The van der Waals surface area contributed by atoms with Crippen LogP contribution in [0.4, 0.5) is 4.79 Å². The molecule has 1 aromatic rings. The van der Waals surface area contributed by atoms with Gasteiger partial charge in [-0.1, -0.05) is 18.2 Å². The van der Waals surface area contributed by atoms with Crippen LogP contribution in [0.15, 0.2) is 30.3 Å². The van der Waals surface area contributed by atoms with Crippen LogP contribution in [-0.4, -0.2) is 49.6 Å². The number of halogens is 2. The Bertz CT molecular complexity index is 460. The van der Waals surface area contributed by atoms with E-state index in [-0.39, 0.29) is 6.61 Å². The zero-order valence-corrected chi connectivity index (χ0v) is 13.4. The summed E-state index contributed by atoms with van der Waals surface area (Å²) in [4.78, 5) is 13.3. The smallest absolute Gasteiger partial charge is 0.410 e. The Morgan fingerprint density at radius 3 is 2.62 bits per heavy atom. The maximum absolute atomic E-state index is 11.8. The van der Waals surface area contributed by atoms with Crippen molar-refractivity contribution < 1.29 is 14.3 Å². The Labute approximate surface area is 135 Å². The summed E-state index contributed by atoms with van der Waals surface area (Å²) in [5.41, 5.74) is 0.976. The zero-order valence-electron chi connectivity index (χ0n) is 11.9. The molecule has 0 bridgehead atoms. The summed E-state index contributed by atoms with van der Waals surface area (Å²) in [5, 5.41) is 0. The van der Waals surface area contributed by atoms with Gasteiger partial charge in [-0.25, -0.2) is 4.79 Å². The Kier molecular flexibility index (Phi) is 8.71. The number of alkyl halides is 2. The van der Waals surface area contributed by atoms with Gasteiger partial charge in [-0.3, -0.25) is 0 Å². The molecule has 0 unspecified atom stereocenters. The first-order valence-electron chi connectivity index (χ1n) is 6.55. The van der Waals surface area contributed by atoms with Crippen molar-refractivity contribution in [3.63, 3.8) is 0 Å². The van der Waals surface area contributed by atoms with Gasteiger partial charge in [-0.05, 0) is 23.8 Å². The summed E-state index contributed by atoms with van der Waals surface area (Å²) in [6.07, 6.45) is 3.22. The number of nitrogens with zero attached hydrogens (tertiary/aromatic N) is 1. The quantitative estimate of drug-likeness (QED) is 0.683. The minimum atomic E-state index is -0.411. The summed E-state index contributed by atoms with van der Waals surface area (Å²) in [6, 6.07) is 7.60. The maximum Gasteiger partial charge on any atom is 0.410 e. The molecular formula is C15H19Cl2NO3. The maximum atomic E-state index is 11.8. The van der Waals surface area contributed by atoms with Crippen molar-refractivity contribution in [1.29, 1.82) is 0 Å². The third kappa shape index (κ3) is 6.74. The van der Waals surface area contributed by atoms with Crippen LogP contribution in [0.5, 0.6) is 5.75 Å². The van der Waals surface area contributed by atoms with E-state index in [0.29, 0.717) is 24.8 Å².